The molecule has 0 bridgehead atoms. The van der Waals surface area contributed by atoms with Crippen LogP contribution in [0.1, 0.15) is 5.69 Å². The Morgan fingerprint density at radius 3 is 2.00 bits per heavy atom. The van der Waals surface area contributed by atoms with Gasteiger partial charge in [-0.2, -0.15) is 0 Å². The van der Waals surface area contributed by atoms with E-state index in [-0.39, 0.29) is 0 Å². The highest BCUT2D eigenvalue weighted by atomic mass is 16.5. The Kier molecular flexibility index (Phi) is 4.47. The van der Waals surface area contributed by atoms with Gasteiger partial charge in [-0.1, -0.05) is 0 Å². The first-order valence-electron chi connectivity index (χ1n) is 6.46. The molecule has 0 radical (unpaired) electrons. The molecule has 0 spiro atoms. The second kappa shape index (κ2) is 6.30. The Balaban J connectivity index is 2.69. The summed E-state index contributed by atoms with van der Waals surface area (Å²) in [6.45, 7) is 1.91. The smallest absolute Gasteiger partial charge is 0.169 e. The molecule has 0 aliphatic heterocycles. The van der Waals surface area contributed by atoms with Crippen molar-refractivity contribution in [2.75, 3.05) is 33.7 Å². The third-order valence-electron chi connectivity index (χ3n) is 3.05. The monoisotopic (exact) mass is 289 g/mol. The van der Waals surface area contributed by atoms with Gasteiger partial charge in [0.1, 0.15) is 28.6 Å². The highest BCUT2D eigenvalue weighted by Crippen LogP contribution is 2.40. The van der Waals surface area contributed by atoms with E-state index in [1.165, 1.54) is 0 Å². The zero-order valence-corrected chi connectivity index (χ0v) is 12.9. The normalized spacial score (nSPS) is 10.1. The van der Waals surface area contributed by atoms with Crippen molar-refractivity contribution in [2.24, 2.45) is 0 Å². The van der Waals surface area contributed by atoms with Crippen LogP contribution in [0.2, 0.25) is 0 Å². The minimum Gasteiger partial charge on any atom is -0.496 e. The second-order valence-corrected chi connectivity index (χ2v) is 4.38. The average Bonchev–Trinajstić information content (AvgIpc) is 2.52. The van der Waals surface area contributed by atoms with Gasteiger partial charge in [0.25, 0.3) is 0 Å². The van der Waals surface area contributed by atoms with Crippen molar-refractivity contribution in [3.8, 4) is 28.6 Å². The molecule has 1 aromatic carbocycles. The van der Waals surface area contributed by atoms with E-state index >= 15 is 0 Å². The third-order valence-corrected chi connectivity index (χ3v) is 3.05. The van der Waals surface area contributed by atoms with Gasteiger partial charge >= 0.3 is 0 Å². The molecule has 0 unspecified atom stereocenters. The van der Waals surface area contributed by atoms with Crippen molar-refractivity contribution in [2.45, 2.75) is 6.92 Å². The number of anilines is 1. The van der Waals surface area contributed by atoms with Crippen LogP contribution in [0.25, 0.3) is 11.4 Å². The first-order chi connectivity index (χ1) is 10.1. The van der Waals surface area contributed by atoms with E-state index in [1.807, 2.05) is 20.0 Å². The van der Waals surface area contributed by atoms with Crippen LogP contribution in [0.5, 0.6) is 17.2 Å². The minimum atomic E-state index is 0.538. The standard InChI is InChI=1S/C15H19N3O3/c1-9-6-13(16-2)18-15(17-9)14-11(20-4)7-10(19-3)8-12(14)21-5/h6-8H,1-5H3,(H,16,17,18). The molecule has 0 saturated heterocycles. The van der Waals surface area contributed by atoms with E-state index in [2.05, 4.69) is 15.3 Å². The number of nitrogens with zero attached hydrogens (tertiary/aromatic N) is 2. The van der Waals surface area contributed by atoms with E-state index in [0.29, 0.717) is 28.6 Å². The summed E-state index contributed by atoms with van der Waals surface area (Å²) in [4.78, 5) is 8.94. The van der Waals surface area contributed by atoms with Crippen molar-refractivity contribution >= 4 is 5.82 Å². The summed E-state index contributed by atoms with van der Waals surface area (Å²) in [6, 6.07) is 5.43. The molecule has 0 saturated carbocycles. The summed E-state index contributed by atoms with van der Waals surface area (Å²) in [5.74, 6) is 3.11. The molecule has 21 heavy (non-hydrogen) atoms. The highest BCUT2D eigenvalue weighted by Gasteiger charge is 2.18. The molecule has 0 fully saturated rings. The number of methoxy groups -OCH3 is 3. The predicted molar refractivity (Wildman–Crippen MR) is 81.4 cm³/mol. The average molecular weight is 289 g/mol. The molecule has 1 heterocycles. The first-order valence-corrected chi connectivity index (χ1v) is 6.46. The highest BCUT2D eigenvalue weighted by molar-refractivity contribution is 5.74. The number of ether oxygens (including phenoxy) is 3. The number of benzene rings is 1. The Bertz CT molecular complexity index is 619. The third kappa shape index (κ3) is 2.99. The molecular formula is C15H19N3O3. The summed E-state index contributed by atoms with van der Waals surface area (Å²) in [6.07, 6.45) is 0. The van der Waals surface area contributed by atoms with E-state index in [0.717, 1.165) is 11.5 Å². The molecule has 112 valence electrons. The summed E-state index contributed by atoms with van der Waals surface area (Å²) in [7, 11) is 6.59. The molecule has 2 aromatic rings. The van der Waals surface area contributed by atoms with Crippen LogP contribution in [0.3, 0.4) is 0 Å². The van der Waals surface area contributed by atoms with Crippen molar-refractivity contribution in [1.82, 2.24) is 9.97 Å². The van der Waals surface area contributed by atoms with Gasteiger partial charge in [-0.05, 0) is 6.92 Å². The molecule has 2 rings (SSSR count). The maximum atomic E-state index is 5.44. The number of hydrogen-bond acceptors (Lipinski definition) is 6. The Morgan fingerprint density at radius 2 is 1.52 bits per heavy atom. The molecule has 0 atom stereocenters. The lowest BCUT2D eigenvalue weighted by Gasteiger charge is -2.15. The van der Waals surface area contributed by atoms with Gasteiger partial charge < -0.3 is 19.5 Å². The SMILES string of the molecule is CNc1cc(C)nc(-c2c(OC)cc(OC)cc2OC)n1. The van der Waals surface area contributed by atoms with Gasteiger partial charge in [0.05, 0.1) is 21.3 Å². The summed E-state index contributed by atoms with van der Waals surface area (Å²) < 4.78 is 16.1. The molecule has 1 N–H and O–H groups in total. The van der Waals surface area contributed by atoms with Gasteiger partial charge in [0, 0.05) is 30.9 Å². The van der Waals surface area contributed by atoms with Crippen molar-refractivity contribution in [3.05, 3.63) is 23.9 Å². The number of aryl methyl sites for hydroxylation is 1. The Hall–Kier alpha value is -2.50. The number of aromatic nitrogens is 2. The van der Waals surface area contributed by atoms with Crippen LogP contribution in [-0.2, 0) is 0 Å². The Labute approximate surface area is 124 Å². The van der Waals surface area contributed by atoms with Crippen molar-refractivity contribution in [3.63, 3.8) is 0 Å². The molecule has 6 heteroatoms. The van der Waals surface area contributed by atoms with Gasteiger partial charge in [0.15, 0.2) is 5.82 Å². The van der Waals surface area contributed by atoms with E-state index in [1.54, 1.807) is 33.5 Å². The molecule has 1 aromatic heterocycles. The fourth-order valence-corrected chi connectivity index (χ4v) is 2.03. The van der Waals surface area contributed by atoms with Gasteiger partial charge in [-0.3, -0.25) is 0 Å². The van der Waals surface area contributed by atoms with Gasteiger partial charge in [-0.25, -0.2) is 9.97 Å². The summed E-state index contributed by atoms with van der Waals surface area (Å²) in [5, 5.41) is 3.02. The number of nitrogens with one attached hydrogen (secondary N) is 1. The predicted octanol–water partition coefficient (Wildman–Crippen LogP) is 2.52. The van der Waals surface area contributed by atoms with Crippen molar-refractivity contribution < 1.29 is 14.2 Å². The maximum Gasteiger partial charge on any atom is 0.169 e. The van der Waals surface area contributed by atoms with E-state index in [4.69, 9.17) is 14.2 Å². The minimum absolute atomic E-state index is 0.538. The second-order valence-electron chi connectivity index (χ2n) is 4.38. The quantitative estimate of drug-likeness (QED) is 0.912. The molecule has 6 nitrogen and oxygen atoms in total. The lowest BCUT2D eigenvalue weighted by Crippen LogP contribution is -2.02. The Morgan fingerprint density at radius 1 is 0.905 bits per heavy atom. The van der Waals surface area contributed by atoms with E-state index in [9.17, 15) is 0 Å². The molecule has 0 amide bonds. The van der Waals surface area contributed by atoms with Crippen LogP contribution in [-0.4, -0.2) is 38.3 Å². The fraction of sp³-hybridized carbons (Fsp3) is 0.333. The molecular weight excluding hydrogens is 270 g/mol. The first kappa shape index (κ1) is 14.9. The summed E-state index contributed by atoms with van der Waals surface area (Å²) in [5.41, 5.74) is 1.55. The maximum absolute atomic E-state index is 5.44. The molecule has 0 aliphatic carbocycles. The topological polar surface area (TPSA) is 65.5 Å². The zero-order valence-electron chi connectivity index (χ0n) is 12.9. The van der Waals surface area contributed by atoms with Crippen molar-refractivity contribution in [1.29, 1.82) is 0 Å². The summed E-state index contributed by atoms with van der Waals surface area (Å²) >= 11 is 0. The number of hydrogen-bond donors (Lipinski definition) is 1. The largest absolute Gasteiger partial charge is 0.496 e. The fourth-order valence-electron chi connectivity index (χ4n) is 2.03. The van der Waals surface area contributed by atoms with E-state index < -0.39 is 0 Å². The zero-order chi connectivity index (χ0) is 15.4. The lowest BCUT2D eigenvalue weighted by molar-refractivity contribution is 0.377. The number of rotatable bonds is 5. The van der Waals surface area contributed by atoms with Crippen LogP contribution < -0.4 is 19.5 Å². The van der Waals surface area contributed by atoms with Gasteiger partial charge in [0.2, 0.25) is 0 Å². The van der Waals surface area contributed by atoms with Gasteiger partial charge in [-0.15, -0.1) is 0 Å². The van der Waals surface area contributed by atoms with Crippen LogP contribution in [0, 0.1) is 6.92 Å². The molecule has 0 aliphatic rings. The van der Waals surface area contributed by atoms with Crippen LogP contribution in [0.15, 0.2) is 18.2 Å². The lowest BCUT2D eigenvalue weighted by atomic mass is 10.1. The van der Waals surface area contributed by atoms with Crippen LogP contribution >= 0.6 is 0 Å². The van der Waals surface area contributed by atoms with Crippen LogP contribution in [0.4, 0.5) is 5.82 Å².